The lowest BCUT2D eigenvalue weighted by molar-refractivity contribution is 0.302. The number of fused-ring (bicyclic) bond motifs is 1. The smallest absolute Gasteiger partial charge is 0.272 e. The summed E-state index contributed by atoms with van der Waals surface area (Å²) in [4.78, 5) is 13.0. The van der Waals surface area contributed by atoms with E-state index in [9.17, 15) is 10.1 Å². The van der Waals surface area contributed by atoms with E-state index >= 15 is 4.39 Å². The van der Waals surface area contributed by atoms with Crippen LogP contribution in [0.5, 0.6) is 5.75 Å². The Morgan fingerprint density at radius 2 is 2.00 bits per heavy atom. The van der Waals surface area contributed by atoms with Crippen LogP contribution in [0.3, 0.4) is 0 Å². The maximum Gasteiger partial charge on any atom is 0.272 e. The summed E-state index contributed by atoms with van der Waals surface area (Å²) in [5.41, 5.74) is 8.84. The second-order valence-corrected chi connectivity index (χ2v) is 9.84. The summed E-state index contributed by atoms with van der Waals surface area (Å²) in [7, 11) is 3.43. The lowest BCUT2D eigenvalue weighted by atomic mass is 9.92. The molecule has 1 fully saturated rings. The van der Waals surface area contributed by atoms with Gasteiger partial charge in [-0.25, -0.2) is 9.49 Å². The first-order chi connectivity index (χ1) is 18.8. The van der Waals surface area contributed by atoms with Crippen molar-refractivity contribution in [3.8, 4) is 45.3 Å². The van der Waals surface area contributed by atoms with E-state index in [-0.39, 0.29) is 40.1 Å². The Morgan fingerprint density at radius 3 is 2.67 bits per heavy atom. The number of nitrogens with two attached hydrogens (primary N) is 1. The van der Waals surface area contributed by atoms with Gasteiger partial charge in [0.15, 0.2) is 5.82 Å². The molecule has 196 valence electrons. The molecular weight excluding hydrogens is 523 g/mol. The van der Waals surface area contributed by atoms with Gasteiger partial charge in [0.2, 0.25) is 0 Å². The number of nitrogens with one attached hydrogen (secondary N) is 1. The topological polar surface area (TPSA) is 140 Å². The van der Waals surface area contributed by atoms with Crippen molar-refractivity contribution < 1.29 is 9.13 Å². The summed E-state index contributed by atoms with van der Waals surface area (Å²) in [6, 6.07) is 7.03. The summed E-state index contributed by atoms with van der Waals surface area (Å²) in [6.07, 6.45) is 6.71. The molecule has 0 amide bonds. The maximum absolute atomic E-state index is 15.7. The van der Waals surface area contributed by atoms with E-state index in [2.05, 4.69) is 26.5 Å². The Hall–Kier alpha value is -4.53. The molecule has 10 nitrogen and oxygen atoms in total. The molecule has 6 rings (SSSR count). The quantitative estimate of drug-likeness (QED) is 0.328. The van der Waals surface area contributed by atoms with Crippen molar-refractivity contribution in [1.82, 2.24) is 29.8 Å². The summed E-state index contributed by atoms with van der Waals surface area (Å²) in [5, 5.41) is 26.2. The normalized spacial score (nSPS) is 13.1. The molecule has 3 N–H and O–H groups in total. The van der Waals surface area contributed by atoms with Gasteiger partial charge in [0.25, 0.3) is 5.56 Å². The van der Waals surface area contributed by atoms with E-state index in [0.717, 1.165) is 12.8 Å². The van der Waals surface area contributed by atoms with E-state index in [1.807, 2.05) is 6.07 Å². The van der Waals surface area contributed by atoms with Crippen molar-refractivity contribution in [2.24, 2.45) is 19.8 Å². The molecule has 1 aliphatic carbocycles. The summed E-state index contributed by atoms with van der Waals surface area (Å²) >= 11 is 6.30. The van der Waals surface area contributed by atoms with E-state index in [1.165, 1.54) is 10.7 Å². The number of ether oxygens (including phenoxy) is 1. The average molecular weight is 545 g/mol. The highest BCUT2D eigenvalue weighted by molar-refractivity contribution is 6.31. The van der Waals surface area contributed by atoms with Gasteiger partial charge in [0, 0.05) is 49.4 Å². The van der Waals surface area contributed by atoms with Gasteiger partial charge in [-0.3, -0.25) is 14.2 Å². The number of aromatic nitrogens is 6. The van der Waals surface area contributed by atoms with Gasteiger partial charge in [0.05, 0.1) is 45.9 Å². The largest absolute Gasteiger partial charge is 0.489 e. The Morgan fingerprint density at radius 1 is 1.21 bits per heavy atom. The standard InChI is InChI=1S/C27H22ClFN8O2/c1-36-12-14(10-32-36)16-5-13(6-17-21(9-31)34-35-27(38)23(16)17)19-11-33-37(2)26(19)24-18(8-30)22(39-15-3-4-15)7-20(28)25(24)29/h5-7,10-12,15H,3-4,9,31H2,1-2H3,(H,35,38). The number of hydrogen-bond acceptors (Lipinski definition) is 7. The van der Waals surface area contributed by atoms with E-state index in [1.54, 1.807) is 43.4 Å². The third-order valence-electron chi connectivity index (χ3n) is 6.78. The van der Waals surface area contributed by atoms with Crippen LogP contribution in [0.15, 0.2) is 41.6 Å². The third kappa shape index (κ3) is 4.14. The van der Waals surface area contributed by atoms with Crippen molar-refractivity contribution in [3.63, 3.8) is 0 Å². The fourth-order valence-corrected chi connectivity index (χ4v) is 4.98. The third-order valence-corrected chi connectivity index (χ3v) is 7.05. The fraction of sp³-hybridized carbons (Fsp3) is 0.222. The van der Waals surface area contributed by atoms with Gasteiger partial charge in [-0.1, -0.05) is 11.6 Å². The lowest BCUT2D eigenvalue weighted by Crippen LogP contribution is -2.14. The summed E-state index contributed by atoms with van der Waals surface area (Å²) in [6.45, 7) is 0.0759. The highest BCUT2D eigenvalue weighted by Gasteiger charge is 2.30. The van der Waals surface area contributed by atoms with Crippen molar-refractivity contribution in [2.45, 2.75) is 25.5 Å². The predicted octanol–water partition coefficient (Wildman–Crippen LogP) is 4.06. The van der Waals surface area contributed by atoms with Gasteiger partial charge >= 0.3 is 0 Å². The lowest BCUT2D eigenvalue weighted by Gasteiger charge is -2.16. The fourth-order valence-electron chi connectivity index (χ4n) is 4.79. The minimum absolute atomic E-state index is 0.0123. The zero-order valence-electron chi connectivity index (χ0n) is 21.0. The summed E-state index contributed by atoms with van der Waals surface area (Å²) in [5.74, 6) is -0.528. The van der Waals surface area contributed by atoms with Crippen LogP contribution in [-0.4, -0.2) is 35.9 Å². The molecule has 0 aliphatic heterocycles. The maximum atomic E-state index is 15.7. The zero-order valence-corrected chi connectivity index (χ0v) is 21.8. The first-order valence-electron chi connectivity index (χ1n) is 12.2. The number of aryl methyl sites for hydroxylation is 2. The highest BCUT2D eigenvalue weighted by Crippen LogP contribution is 2.44. The van der Waals surface area contributed by atoms with E-state index in [0.29, 0.717) is 44.4 Å². The number of rotatable bonds is 6. The minimum atomic E-state index is -0.754. The molecule has 12 heteroatoms. The van der Waals surface area contributed by atoms with Crippen molar-refractivity contribution in [1.29, 1.82) is 5.26 Å². The van der Waals surface area contributed by atoms with Crippen LogP contribution in [0.4, 0.5) is 4.39 Å². The number of nitriles is 1. The molecule has 0 atom stereocenters. The highest BCUT2D eigenvalue weighted by atomic mass is 35.5. The number of aromatic amines is 1. The van der Waals surface area contributed by atoms with Crippen LogP contribution in [0.2, 0.25) is 5.02 Å². The molecule has 2 aromatic carbocycles. The summed E-state index contributed by atoms with van der Waals surface area (Å²) < 4.78 is 24.8. The number of halogens is 2. The zero-order chi connectivity index (χ0) is 27.4. The minimum Gasteiger partial charge on any atom is -0.489 e. The second-order valence-electron chi connectivity index (χ2n) is 9.43. The average Bonchev–Trinajstić information content (AvgIpc) is 3.50. The molecule has 0 unspecified atom stereocenters. The van der Waals surface area contributed by atoms with Crippen molar-refractivity contribution in [3.05, 3.63) is 69.2 Å². The van der Waals surface area contributed by atoms with Gasteiger partial charge < -0.3 is 10.5 Å². The molecule has 3 aromatic heterocycles. The van der Waals surface area contributed by atoms with Crippen LogP contribution in [-0.2, 0) is 20.6 Å². The SMILES string of the molecule is Cn1cc(-c2cc(-c3cnn(C)c3-c3c(F)c(Cl)cc(OC4CC4)c3C#N)cc3c(CN)n[nH]c(=O)c23)cn1. The Balaban J connectivity index is 1.66. The Kier molecular flexibility index (Phi) is 5.94. The van der Waals surface area contributed by atoms with Gasteiger partial charge in [-0.05, 0) is 36.1 Å². The molecule has 0 spiro atoms. The first-order valence-corrected chi connectivity index (χ1v) is 12.5. The molecule has 3 heterocycles. The van der Waals surface area contributed by atoms with E-state index < -0.39 is 5.82 Å². The van der Waals surface area contributed by atoms with Crippen LogP contribution < -0.4 is 16.0 Å². The predicted molar refractivity (Wildman–Crippen MR) is 143 cm³/mol. The molecule has 39 heavy (non-hydrogen) atoms. The van der Waals surface area contributed by atoms with Crippen molar-refractivity contribution in [2.75, 3.05) is 0 Å². The number of nitrogens with zero attached hydrogens (tertiary/aromatic N) is 6. The number of benzene rings is 2. The first kappa shape index (κ1) is 24.8. The Labute approximate surface area is 226 Å². The monoisotopic (exact) mass is 544 g/mol. The van der Waals surface area contributed by atoms with E-state index in [4.69, 9.17) is 22.1 Å². The number of hydrogen-bond donors (Lipinski definition) is 2. The van der Waals surface area contributed by atoms with Crippen LogP contribution in [0.1, 0.15) is 24.1 Å². The van der Waals surface area contributed by atoms with Crippen molar-refractivity contribution >= 4 is 22.4 Å². The molecule has 1 saturated carbocycles. The number of H-pyrrole nitrogens is 1. The Bertz CT molecular complexity index is 1880. The van der Waals surface area contributed by atoms with Gasteiger partial charge in [-0.2, -0.15) is 20.6 Å². The van der Waals surface area contributed by atoms with Gasteiger partial charge in [-0.15, -0.1) is 0 Å². The molecule has 0 saturated heterocycles. The molecule has 0 radical (unpaired) electrons. The molecule has 5 aromatic rings. The van der Waals surface area contributed by atoms with Crippen LogP contribution in [0.25, 0.3) is 44.3 Å². The second kappa shape index (κ2) is 9.34. The molecular formula is C27H22ClFN8O2. The molecule has 0 bridgehead atoms. The molecule has 1 aliphatic rings. The van der Waals surface area contributed by atoms with Crippen LogP contribution >= 0.6 is 11.6 Å². The van der Waals surface area contributed by atoms with Gasteiger partial charge in [0.1, 0.15) is 17.4 Å². The van der Waals surface area contributed by atoms with Crippen LogP contribution in [0, 0.1) is 17.1 Å².